The van der Waals surface area contributed by atoms with E-state index in [1.54, 1.807) is 60.7 Å². The zero-order chi connectivity index (χ0) is 25.5. The Bertz CT molecular complexity index is 1850. The lowest BCUT2D eigenvalue weighted by Gasteiger charge is -2.13. The van der Waals surface area contributed by atoms with Gasteiger partial charge >= 0.3 is 11.4 Å². The van der Waals surface area contributed by atoms with Crippen molar-refractivity contribution in [3.63, 3.8) is 0 Å². The minimum absolute atomic E-state index is 0.106. The van der Waals surface area contributed by atoms with Crippen LogP contribution in [0.1, 0.15) is 0 Å². The maximum atomic E-state index is 13.3. The van der Waals surface area contributed by atoms with Crippen molar-refractivity contribution < 1.29 is 4.74 Å². The monoisotopic (exact) mass is 498 g/mol. The van der Waals surface area contributed by atoms with Crippen LogP contribution in [0.3, 0.4) is 0 Å². The van der Waals surface area contributed by atoms with Crippen LogP contribution in [0.25, 0.3) is 33.7 Å². The molecule has 0 saturated carbocycles. The van der Waals surface area contributed by atoms with Gasteiger partial charge in [-0.3, -0.25) is 9.59 Å². The first-order valence-corrected chi connectivity index (χ1v) is 11.1. The molecule has 0 spiro atoms. The lowest BCUT2D eigenvalue weighted by Crippen LogP contribution is -2.42. The SMILES string of the molecule is O=c1c2[nH]cnc2n(-c2ccccc2)c(=O)n1COCn1c(=O)c2[nH]cnc2n(-c2ccccc2)c1=O. The van der Waals surface area contributed by atoms with E-state index in [1.165, 1.54) is 21.8 Å². The van der Waals surface area contributed by atoms with Gasteiger partial charge in [0.2, 0.25) is 0 Å². The highest BCUT2D eigenvalue weighted by Crippen LogP contribution is 2.11. The van der Waals surface area contributed by atoms with Crippen molar-refractivity contribution in [1.29, 1.82) is 0 Å². The van der Waals surface area contributed by atoms with E-state index in [0.29, 0.717) is 11.4 Å². The summed E-state index contributed by atoms with van der Waals surface area (Å²) < 4.78 is 9.88. The molecule has 0 aliphatic carbocycles. The second kappa shape index (κ2) is 8.73. The largest absolute Gasteiger partial charge is 0.339 e. The molecule has 0 amide bonds. The molecule has 0 saturated heterocycles. The molecule has 2 N–H and O–H groups in total. The summed E-state index contributed by atoms with van der Waals surface area (Å²) in [5.74, 6) is 0. The van der Waals surface area contributed by atoms with Crippen LogP contribution in [0.15, 0.2) is 92.5 Å². The van der Waals surface area contributed by atoms with E-state index in [9.17, 15) is 19.2 Å². The van der Waals surface area contributed by atoms with Crippen molar-refractivity contribution in [2.24, 2.45) is 0 Å². The summed E-state index contributed by atoms with van der Waals surface area (Å²) in [5.41, 5.74) is -1.11. The van der Waals surface area contributed by atoms with Crippen molar-refractivity contribution in [1.82, 2.24) is 38.2 Å². The number of ether oxygens (including phenoxy) is 1. The van der Waals surface area contributed by atoms with E-state index in [2.05, 4.69) is 19.9 Å². The molecule has 2 aromatic carbocycles. The average Bonchev–Trinajstić information content (AvgIpc) is 3.60. The maximum Gasteiger partial charge on any atom is 0.339 e. The Balaban J connectivity index is 1.41. The lowest BCUT2D eigenvalue weighted by molar-refractivity contribution is 0.0191. The average molecular weight is 498 g/mol. The fourth-order valence-corrected chi connectivity index (χ4v) is 4.16. The first-order chi connectivity index (χ1) is 18.1. The molecule has 0 aliphatic heterocycles. The number of aromatic nitrogens is 8. The number of nitrogens with one attached hydrogen (secondary N) is 2. The van der Waals surface area contributed by atoms with Crippen LogP contribution in [0.5, 0.6) is 0 Å². The molecule has 0 radical (unpaired) electrons. The number of rotatable bonds is 6. The van der Waals surface area contributed by atoms with E-state index in [0.717, 1.165) is 9.13 Å². The van der Waals surface area contributed by atoms with Gasteiger partial charge < -0.3 is 14.7 Å². The summed E-state index contributed by atoms with van der Waals surface area (Å²) in [6, 6.07) is 17.4. The zero-order valence-corrected chi connectivity index (χ0v) is 19.1. The molecule has 0 unspecified atom stereocenters. The van der Waals surface area contributed by atoms with Crippen molar-refractivity contribution in [3.05, 3.63) is 115 Å². The third kappa shape index (κ3) is 3.52. The van der Waals surface area contributed by atoms with Gasteiger partial charge in [-0.25, -0.2) is 37.8 Å². The molecule has 4 aromatic heterocycles. The Hall–Kier alpha value is -5.30. The van der Waals surface area contributed by atoms with Gasteiger partial charge in [-0.15, -0.1) is 0 Å². The van der Waals surface area contributed by atoms with Crippen LogP contribution >= 0.6 is 0 Å². The third-order valence-corrected chi connectivity index (χ3v) is 5.89. The molecular weight excluding hydrogens is 480 g/mol. The first-order valence-electron chi connectivity index (χ1n) is 11.1. The third-order valence-electron chi connectivity index (χ3n) is 5.89. The highest BCUT2D eigenvalue weighted by atomic mass is 16.5. The predicted molar refractivity (Wildman–Crippen MR) is 133 cm³/mol. The molecular formula is C24H18N8O5. The number of hydrogen-bond donors (Lipinski definition) is 2. The van der Waals surface area contributed by atoms with Crippen LogP contribution in [0.2, 0.25) is 0 Å². The van der Waals surface area contributed by atoms with E-state index < -0.39 is 36.0 Å². The zero-order valence-electron chi connectivity index (χ0n) is 19.1. The second-order valence-electron chi connectivity index (χ2n) is 8.04. The van der Waals surface area contributed by atoms with Crippen molar-refractivity contribution in [2.75, 3.05) is 0 Å². The Kier molecular flexibility index (Phi) is 5.23. The topological polar surface area (TPSA) is 155 Å². The minimum atomic E-state index is -0.686. The summed E-state index contributed by atoms with van der Waals surface area (Å²) in [5, 5.41) is 0. The molecule has 0 atom stereocenters. The summed E-state index contributed by atoms with van der Waals surface area (Å²) in [7, 11) is 0. The van der Waals surface area contributed by atoms with Crippen LogP contribution in [0.4, 0.5) is 0 Å². The van der Waals surface area contributed by atoms with Gasteiger partial charge in [-0.05, 0) is 24.3 Å². The number of para-hydroxylation sites is 2. The Labute approximate surface area is 205 Å². The Morgan fingerprint density at radius 2 is 1.03 bits per heavy atom. The van der Waals surface area contributed by atoms with Crippen LogP contribution in [0, 0.1) is 0 Å². The quantitative estimate of drug-likeness (QED) is 0.342. The van der Waals surface area contributed by atoms with Gasteiger partial charge in [0.05, 0.1) is 24.0 Å². The molecule has 4 heterocycles. The van der Waals surface area contributed by atoms with Gasteiger partial charge in [-0.1, -0.05) is 36.4 Å². The van der Waals surface area contributed by atoms with Gasteiger partial charge in [-0.2, -0.15) is 0 Å². The van der Waals surface area contributed by atoms with E-state index in [1.807, 2.05) is 0 Å². The van der Waals surface area contributed by atoms with E-state index in [-0.39, 0.29) is 22.3 Å². The van der Waals surface area contributed by atoms with E-state index in [4.69, 9.17) is 4.74 Å². The molecule has 0 fully saturated rings. The summed E-state index contributed by atoms with van der Waals surface area (Å²) in [4.78, 5) is 66.4. The Morgan fingerprint density at radius 3 is 1.43 bits per heavy atom. The molecule has 184 valence electrons. The van der Waals surface area contributed by atoms with Crippen LogP contribution < -0.4 is 22.5 Å². The highest BCUT2D eigenvalue weighted by molar-refractivity contribution is 5.72. The standard InChI is InChI=1S/C24H18N8O5/c33-21-17-19(27-11-25-17)31(15-7-3-1-4-8-15)23(35)29(21)13-37-14-30-22(34)18-20(28-12-26-18)32(24(30)36)16-9-5-2-6-10-16/h1-12H,13-14H2,(H,25,27)(H,26,28). The molecule has 37 heavy (non-hydrogen) atoms. The molecule has 6 aromatic rings. The Morgan fingerprint density at radius 1 is 0.622 bits per heavy atom. The molecule has 0 aliphatic rings. The number of fused-ring (bicyclic) bond motifs is 2. The smallest absolute Gasteiger partial charge is 0.339 e. The lowest BCUT2D eigenvalue weighted by atomic mass is 10.3. The normalized spacial score (nSPS) is 11.5. The van der Waals surface area contributed by atoms with Gasteiger partial charge in [0.15, 0.2) is 11.3 Å². The van der Waals surface area contributed by atoms with Crippen molar-refractivity contribution in [3.8, 4) is 11.4 Å². The second-order valence-corrected chi connectivity index (χ2v) is 8.04. The molecule has 13 heteroatoms. The summed E-state index contributed by atoms with van der Waals surface area (Å²) in [6.45, 7) is -1.03. The van der Waals surface area contributed by atoms with Crippen molar-refractivity contribution in [2.45, 2.75) is 13.5 Å². The van der Waals surface area contributed by atoms with Gasteiger partial charge in [0, 0.05) is 0 Å². The number of nitrogens with zero attached hydrogens (tertiary/aromatic N) is 6. The summed E-state index contributed by atoms with van der Waals surface area (Å²) >= 11 is 0. The molecule has 6 rings (SSSR count). The fraction of sp³-hybridized carbons (Fsp3) is 0.0833. The van der Waals surface area contributed by atoms with Crippen LogP contribution in [-0.2, 0) is 18.2 Å². The number of hydrogen-bond acceptors (Lipinski definition) is 7. The van der Waals surface area contributed by atoms with Gasteiger partial charge in [0.25, 0.3) is 11.1 Å². The number of benzene rings is 2. The predicted octanol–water partition coefficient (Wildman–Crippen LogP) is 0.696. The first kappa shape index (κ1) is 22.2. The minimum Gasteiger partial charge on any atom is -0.339 e. The maximum absolute atomic E-state index is 13.3. The van der Waals surface area contributed by atoms with E-state index >= 15 is 0 Å². The number of imidazole rings is 2. The van der Waals surface area contributed by atoms with Crippen LogP contribution in [-0.4, -0.2) is 38.2 Å². The number of aromatic amines is 2. The number of H-pyrrole nitrogens is 2. The molecule has 0 bridgehead atoms. The highest BCUT2D eigenvalue weighted by Gasteiger charge is 2.19. The van der Waals surface area contributed by atoms with Crippen molar-refractivity contribution >= 4 is 22.3 Å². The molecule has 13 nitrogen and oxygen atoms in total. The van der Waals surface area contributed by atoms with Gasteiger partial charge in [0.1, 0.15) is 24.5 Å². The fourth-order valence-electron chi connectivity index (χ4n) is 4.16. The summed E-state index contributed by atoms with van der Waals surface area (Å²) in [6.07, 6.45) is 2.64.